The fraction of sp³-hybridized carbons (Fsp3) is 0.182. The van der Waals surface area contributed by atoms with Crippen molar-refractivity contribution in [3.8, 4) is 0 Å². The summed E-state index contributed by atoms with van der Waals surface area (Å²) in [4.78, 5) is 4.14. The van der Waals surface area contributed by atoms with E-state index in [9.17, 15) is 0 Å². The van der Waals surface area contributed by atoms with Crippen molar-refractivity contribution in [2.45, 2.75) is 13.5 Å². The van der Waals surface area contributed by atoms with Gasteiger partial charge in [0.25, 0.3) is 6.01 Å². The first-order valence-electron chi connectivity index (χ1n) is 4.76. The van der Waals surface area contributed by atoms with E-state index in [1.807, 2.05) is 31.2 Å². The van der Waals surface area contributed by atoms with E-state index in [4.69, 9.17) is 10.2 Å². The number of anilines is 2. The molecule has 0 saturated carbocycles. The molecule has 15 heavy (non-hydrogen) atoms. The smallest absolute Gasteiger partial charge is 0.299 e. The van der Waals surface area contributed by atoms with Gasteiger partial charge in [0, 0.05) is 12.2 Å². The molecule has 2 rings (SSSR count). The molecule has 78 valence electrons. The lowest BCUT2D eigenvalue weighted by Crippen LogP contribution is -1.96. The lowest BCUT2D eigenvalue weighted by molar-refractivity contribution is 0.576. The van der Waals surface area contributed by atoms with E-state index >= 15 is 0 Å². The average Bonchev–Trinajstić information content (AvgIpc) is 2.69. The van der Waals surface area contributed by atoms with Crippen LogP contribution in [0.2, 0.25) is 0 Å². The van der Waals surface area contributed by atoms with Gasteiger partial charge in [0.05, 0.1) is 5.69 Å². The number of aryl methyl sites for hydroxylation is 1. The van der Waals surface area contributed by atoms with E-state index in [0.717, 1.165) is 11.4 Å². The molecule has 0 saturated heterocycles. The minimum atomic E-state index is 0.388. The first-order chi connectivity index (χ1) is 7.28. The predicted octanol–water partition coefficient (Wildman–Crippen LogP) is 2.19. The van der Waals surface area contributed by atoms with Crippen LogP contribution in [0.3, 0.4) is 0 Å². The highest BCUT2D eigenvalue weighted by Gasteiger charge is 2.01. The van der Waals surface area contributed by atoms with Crippen LogP contribution in [-0.4, -0.2) is 4.98 Å². The van der Waals surface area contributed by atoms with Crippen LogP contribution in [0.1, 0.15) is 11.3 Å². The Hall–Kier alpha value is -1.81. The summed E-state index contributed by atoms with van der Waals surface area (Å²) in [5.41, 5.74) is 8.33. The first kappa shape index (κ1) is 9.73. The van der Waals surface area contributed by atoms with E-state index in [-0.39, 0.29) is 0 Å². The SMILES string of the molecule is Cc1ccc(Nc2nc(CN)co2)cc1. The standard InChI is InChI=1S/C11H13N3O/c1-8-2-4-9(5-3-8)13-11-14-10(6-12)7-15-11/h2-5,7H,6,12H2,1H3,(H,13,14). The third-order valence-electron chi connectivity index (χ3n) is 2.06. The lowest BCUT2D eigenvalue weighted by atomic mass is 10.2. The van der Waals surface area contributed by atoms with Gasteiger partial charge < -0.3 is 15.5 Å². The number of rotatable bonds is 3. The van der Waals surface area contributed by atoms with Crippen LogP contribution >= 0.6 is 0 Å². The number of hydrogen-bond acceptors (Lipinski definition) is 4. The summed E-state index contributed by atoms with van der Waals surface area (Å²) in [6.45, 7) is 2.43. The van der Waals surface area contributed by atoms with Crippen LogP contribution in [0.15, 0.2) is 34.9 Å². The summed E-state index contributed by atoms with van der Waals surface area (Å²) >= 11 is 0. The van der Waals surface area contributed by atoms with E-state index in [1.54, 1.807) is 6.26 Å². The Morgan fingerprint density at radius 1 is 1.33 bits per heavy atom. The number of nitrogens with zero attached hydrogens (tertiary/aromatic N) is 1. The second-order valence-corrected chi connectivity index (χ2v) is 3.34. The van der Waals surface area contributed by atoms with Gasteiger partial charge in [-0.1, -0.05) is 17.7 Å². The molecular formula is C11H13N3O. The van der Waals surface area contributed by atoms with Crippen molar-refractivity contribution < 1.29 is 4.42 Å². The highest BCUT2D eigenvalue weighted by atomic mass is 16.4. The molecule has 4 heteroatoms. The van der Waals surface area contributed by atoms with Gasteiger partial charge in [-0.25, -0.2) is 0 Å². The quantitative estimate of drug-likeness (QED) is 0.802. The molecule has 2 aromatic rings. The van der Waals surface area contributed by atoms with Gasteiger partial charge in [-0.15, -0.1) is 0 Å². The van der Waals surface area contributed by atoms with Crippen molar-refractivity contribution in [3.63, 3.8) is 0 Å². The molecule has 3 N–H and O–H groups in total. The van der Waals surface area contributed by atoms with E-state index in [1.165, 1.54) is 5.56 Å². The molecule has 1 heterocycles. The maximum atomic E-state index is 5.43. The number of oxazole rings is 1. The van der Waals surface area contributed by atoms with Gasteiger partial charge in [-0.2, -0.15) is 4.98 Å². The Morgan fingerprint density at radius 3 is 2.67 bits per heavy atom. The number of hydrogen-bond donors (Lipinski definition) is 2. The summed E-state index contributed by atoms with van der Waals surface area (Å²) in [5, 5.41) is 3.05. The third kappa shape index (κ3) is 2.35. The molecule has 0 bridgehead atoms. The van der Waals surface area contributed by atoms with Crippen molar-refractivity contribution >= 4 is 11.7 Å². The number of aromatic nitrogens is 1. The maximum Gasteiger partial charge on any atom is 0.299 e. The maximum absolute atomic E-state index is 5.43. The molecule has 0 fully saturated rings. The summed E-state index contributed by atoms with van der Waals surface area (Å²) in [6.07, 6.45) is 1.55. The van der Waals surface area contributed by atoms with Crippen LogP contribution in [0.25, 0.3) is 0 Å². The third-order valence-corrected chi connectivity index (χ3v) is 2.06. The molecule has 0 aliphatic heterocycles. The van der Waals surface area contributed by atoms with Crippen molar-refractivity contribution in [2.75, 3.05) is 5.32 Å². The molecule has 0 amide bonds. The monoisotopic (exact) mass is 203 g/mol. The zero-order valence-corrected chi connectivity index (χ0v) is 8.53. The minimum absolute atomic E-state index is 0.388. The number of nitrogens with two attached hydrogens (primary N) is 1. The van der Waals surface area contributed by atoms with Crippen LogP contribution in [-0.2, 0) is 6.54 Å². The van der Waals surface area contributed by atoms with Crippen LogP contribution in [0.5, 0.6) is 0 Å². The lowest BCUT2D eigenvalue weighted by Gasteiger charge is -2.00. The molecule has 1 aromatic carbocycles. The van der Waals surface area contributed by atoms with Gasteiger partial charge in [0.2, 0.25) is 0 Å². The van der Waals surface area contributed by atoms with E-state index in [0.29, 0.717) is 12.6 Å². The van der Waals surface area contributed by atoms with Crippen molar-refractivity contribution in [1.29, 1.82) is 0 Å². The zero-order chi connectivity index (χ0) is 10.7. The second kappa shape index (κ2) is 4.14. The Bertz CT molecular complexity index is 433. The van der Waals surface area contributed by atoms with Crippen LogP contribution < -0.4 is 11.1 Å². The van der Waals surface area contributed by atoms with Gasteiger partial charge in [-0.05, 0) is 19.1 Å². The van der Waals surface area contributed by atoms with Gasteiger partial charge in [0.15, 0.2) is 0 Å². The van der Waals surface area contributed by atoms with Gasteiger partial charge in [-0.3, -0.25) is 0 Å². The average molecular weight is 203 g/mol. The minimum Gasteiger partial charge on any atom is -0.432 e. The Balaban J connectivity index is 2.11. The molecule has 0 radical (unpaired) electrons. The molecule has 4 nitrogen and oxygen atoms in total. The molecule has 0 aliphatic carbocycles. The van der Waals surface area contributed by atoms with Gasteiger partial charge >= 0.3 is 0 Å². The zero-order valence-electron chi connectivity index (χ0n) is 8.53. The summed E-state index contributed by atoms with van der Waals surface area (Å²) < 4.78 is 5.19. The Morgan fingerprint density at radius 2 is 2.07 bits per heavy atom. The first-order valence-corrected chi connectivity index (χ1v) is 4.76. The van der Waals surface area contributed by atoms with E-state index < -0.39 is 0 Å². The number of benzene rings is 1. The summed E-state index contributed by atoms with van der Waals surface area (Å²) in [5.74, 6) is 0. The fourth-order valence-corrected chi connectivity index (χ4v) is 1.22. The molecule has 0 aliphatic rings. The van der Waals surface area contributed by atoms with Crippen molar-refractivity contribution in [2.24, 2.45) is 5.73 Å². The highest BCUT2D eigenvalue weighted by molar-refractivity contribution is 5.52. The summed E-state index contributed by atoms with van der Waals surface area (Å²) in [6, 6.07) is 8.47. The molecule has 1 aromatic heterocycles. The molecule has 0 atom stereocenters. The van der Waals surface area contributed by atoms with Crippen molar-refractivity contribution in [3.05, 3.63) is 41.8 Å². The molecular weight excluding hydrogens is 190 g/mol. The largest absolute Gasteiger partial charge is 0.432 e. The van der Waals surface area contributed by atoms with Gasteiger partial charge in [0.1, 0.15) is 6.26 Å². The normalized spacial score (nSPS) is 10.3. The van der Waals surface area contributed by atoms with Crippen LogP contribution in [0.4, 0.5) is 11.7 Å². The number of nitrogens with one attached hydrogen (secondary N) is 1. The highest BCUT2D eigenvalue weighted by Crippen LogP contribution is 2.16. The van der Waals surface area contributed by atoms with Crippen LogP contribution in [0, 0.1) is 6.92 Å². The summed E-state index contributed by atoms with van der Waals surface area (Å²) in [7, 11) is 0. The Kier molecular flexibility index (Phi) is 2.69. The predicted molar refractivity (Wildman–Crippen MR) is 58.9 cm³/mol. The Labute approximate surface area is 88.1 Å². The second-order valence-electron chi connectivity index (χ2n) is 3.34. The van der Waals surface area contributed by atoms with Crippen molar-refractivity contribution in [1.82, 2.24) is 4.98 Å². The molecule has 0 unspecified atom stereocenters. The fourth-order valence-electron chi connectivity index (χ4n) is 1.22. The topological polar surface area (TPSA) is 64.1 Å². The molecule has 0 spiro atoms. The van der Waals surface area contributed by atoms with E-state index in [2.05, 4.69) is 10.3 Å².